The zero-order valence-electron chi connectivity index (χ0n) is 8.23. The van der Waals surface area contributed by atoms with Crippen molar-refractivity contribution in [2.75, 3.05) is 13.1 Å². The SMILES string of the molecule is C=C(CC)CNCC1CCCC1. The van der Waals surface area contributed by atoms with Gasteiger partial charge in [-0.2, -0.15) is 0 Å². The van der Waals surface area contributed by atoms with Crippen LogP contribution in [0.2, 0.25) is 0 Å². The highest BCUT2D eigenvalue weighted by molar-refractivity contribution is 4.95. The van der Waals surface area contributed by atoms with E-state index >= 15 is 0 Å². The Hall–Kier alpha value is -0.300. The van der Waals surface area contributed by atoms with Gasteiger partial charge in [0, 0.05) is 6.54 Å². The molecule has 1 N–H and O–H groups in total. The van der Waals surface area contributed by atoms with Gasteiger partial charge in [-0.15, -0.1) is 0 Å². The first-order chi connectivity index (χ1) is 5.83. The van der Waals surface area contributed by atoms with Gasteiger partial charge in [-0.3, -0.25) is 0 Å². The molecule has 0 aliphatic heterocycles. The predicted molar refractivity (Wildman–Crippen MR) is 54.3 cm³/mol. The smallest absolute Gasteiger partial charge is 0.0161 e. The van der Waals surface area contributed by atoms with E-state index in [1.807, 2.05) is 0 Å². The summed E-state index contributed by atoms with van der Waals surface area (Å²) in [5.41, 5.74) is 1.33. The Morgan fingerprint density at radius 1 is 1.42 bits per heavy atom. The maximum Gasteiger partial charge on any atom is 0.0161 e. The highest BCUT2D eigenvalue weighted by Gasteiger charge is 2.13. The molecule has 0 aromatic carbocycles. The molecule has 0 heterocycles. The molecule has 0 amide bonds. The first-order valence-corrected chi connectivity index (χ1v) is 5.20. The molecule has 0 saturated heterocycles. The van der Waals surface area contributed by atoms with Crippen molar-refractivity contribution in [3.8, 4) is 0 Å². The molecule has 0 radical (unpaired) electrons. The van der Waals surface area contributed by atoms with Gasteiger partial charge in [-0.25, -0.2) is 0 Å². The van der Waals surface area contributed by atoms with Crippen molar-refractivity contribution in [2.45, 2.75) is 39.0 Å². The maximum atomic E-state index is 3.97. The minimum atomic E-state index is 0.953. The number of hydrogen-bond acceptors (Lipinski definition) is 1. The number of rotatable bonds is 5. The van der Waals surface area contributed by atoms with Crippen LogP contribution in [0, 0.1) is 5.92 Å². The van der Waals surface area contributed by atoms with Crippen LogP contribution in [0.3, 0.4) is 0 Å². The van der Waals surface area contributed by atoms with E-state index < -0.39 is 0 Å². The van der Waals surface area contributed by atoms with E-state index in [0.29, 0.717) is 0 Å². The minimum absolute atomic E-state index is 0.953. The van der Waals surface area contributed by atoms with Gasteiger partial charge >= 0.3 is 0 Å². The fourth-order valence-corrected chi connectivity index (χ4v) is 1.79. The fourth-order valence-electron chi connectivity index (χ4n) is 1.79. The van der Waals surface area contributed by atoms with Crippen molar-refractivity contribution in [2.24, 2.45) is 5.92 Å². The Morgan fingerprint density at radius 2 is 2.08 bits per heavy atom. The maximum absolute atomic E-state index is 3.97. The Morgan fingerprint density at radius 3 is 2.67 bits per heavy atom. The zero-order chi connectivity index (χ0) is 8.81. The minimum Gasteiger partial charge on any atom is -0.313 e. The van der Waals surface area contributed by atoms with Crippen LogP contribution < -0.4 is 5.32 Å². The third-order valence-corrected chi connectivity index (χ3v) is 2.78. The summed E-state index contributed by atoms with van der Waals surface area (Å²) < 4.78 is 0. The van der Waals surface area contributed by atoms with Gasteiger partial charge in [0.15, 0.2) is 0 Å². The summed E-state index contributed by atoms with van der Waals surface area (Å²) in [6.45, 7) is 8.37. The molecular weight excluding hydrogens is 146 g/mol. The van der Waals surface area contributed by atoms with E-state index in [9.17, 15) is 0 Å². The van der Waals surface area contributed by atoms with Crippen LogP contribution in [-0.2, 0) is 0 Å². The summed E-state index contributed by atoms with van der Waals surface area (Å²) in [7, 11) is 0. The Bertz CT molecular complexity index is 134. The van der Waals surface area contributed by atoms with Gasteiger partial charge in [0.05, 0.1) is 0 Å². The van der Waals surface area contributed by atoms with Crippen molar-refractivity contribution >= 4 is 0 Å². The molecule has 1 fully saturated rings. The highest BCUT2D eigenvalue weighted by Crippen LogP contribution is 2.23. The lowest BCUT2D eigenvalue weighted by atomic mass is 10.1. The molecule has 1 nitrogen and oxygen atoms in total. The Balaban J connectivity index is 1.97. The van der Waals surface area contributed by atoms with E-state index in [-0.39, 0.29) is 0 Å². The molecule has 12 heavy (non-hydrogen) atoms. The standard InChI is InChI=1S/C11H21N/c1-3-10(2)8-12-9-11-6-4-5-7-11/h11-12H,2-9H2,1H3. The Kier molecular flexibility index (Phi) is 4.37. The zero-order valence-corrected chi connectivity index (χ0v) is 8.23. The van der Waals surface area contributed by atoms with Gasteiger partial charge in [0.25, 0.3) is 0 Å². The molecule has 1 saturated carbocycles. The molecule has 0 atom stereocenters. The lowest BCUT2D eigenvalue weighted by Gasteiger charge is -2.10. The average Bonchev–Trinajstić information content (AvgIpc) is 2.57. The number of hydrogen-bond donors (Lipinski definition) is 1. The largest absolute Gasteiger partial charge is 0.313 e. The van der Waals surface area contributed by atoms with E-state index in [1.54, 1.807) is 0 Å². The van der Waals surface area contributed by atoms with E-state index in [0.717, 1.165) is 18.9 Å². The highest BCUT2D eigenvalue weighted by atomic mass is 14.9. The van der Waals surface area contributed by atoms with E-state index in [2.05, 4.69) is 18.8 Å². The van der Waals surface area contributed by atoms with Crippen molar-refractivity contribution < 1.29 is 0 Å². The van der Waals surface area contributed by atoms with Gasteiger partial charge in [0.1, 0.15) is 0 Å². The summed E-state index contributed by atoms with van der Waals surface area (Å²) in [5, 5.41) is 3.48. The summed E-state index contributed by atoms with van der Waals surface area (Å²) in [6.07, 6.45) is 6.87. The van der Waals surface area contributed by atoms with E-state index in [4.69, 9.17) is 0 Å². The third-order valence-electron chi connectivity index (χ3n) is 2.78. The lowest BCUT2D eigenvalue weighted by molar-refractivity contribution is 0.500. The molecule has 0 bridgehead atoms. The molecule has 1 heteroatoms. The number of nitrogens with one attached hydrogen (secondary N) is 1. The van der Waals surface area contributed by atoms with Gasteiger partial charge < -0.3 is 5.32 Å². The second-order valence-corrected chi connectivity index (χ2v) is 3.88. The molecule has 0 aromatic rings. The predicted octanol–water partition coefficient (Wildman–Crippen LogP) is 2.73. The molecule has 1 rings (SSSR count). The molecular formula is C11H21N. The molecule has 1 aliphatic rings. The van der Waals surface area contributed by atoms with Crippen LogP contribution in [-0.4, -0.2) is 13.1 Å². The molecule has 1 aliphatic carbocycles. The first-order valence-electron chi connectivity index (χ1n) is 5.20. The average molecular weight is 167 g/mol. The monoisotopic (exact) mass is 167 g/mol. The normalized spacial score (nSPS) is 18.4. The van der Waals surface area contributed by atoms with Gasteiger partial charge in [-0.1, -0.05) is 31.9 Å². The third kappa shape index (κ3) is 3.40. The summed E-state index contributed by atoms with van der Waals surface area (Å²) >= 11 is 0. The van der Waals surface area contributed by atoms with Crippen LogP contribution in [0.1, 0.15) is 39.0 Å². The molecule has 0 aromatic heterocycles. The fraction of sp³-hybridized carbons (Fsp3) is 0.818. The van der Waals surface area contributed by atoms with Crippen molar-refractivity contribution in [1.82, 2.24) is 5.32 Å². The van der Waals surface area contributed by atoms with Crippen LogP contribution in [0.5, 0.6) is 0 Å². The van der Waals surface area contributed by atoms with Crippen LogP contribution in [0.25, 0.3) is 0 Å². The summed E-state index contributed by atoms with van der Waals surface area (Å²) in [4.78, 5) is 0. The molecule has 0 spiro atoms. The topological polar surface area (TPSA) is 12.0 Å². The lowest BCUT2D eigenvalue weighted by Crippen LogP contribution is -2.23. The molecule has 70 valence electrons. The summed E-state index contributed by atoms with van der Waals surface area (Å²) in [6, 6.07) is 0. The first kappa shape index (κ1) is 9.79. The van der Waals surface area contributed by atoms with Gasteiger partial charge in [-0.05, 0) is 31.7 Å². The van der Waals surface area contributed by atoms with Crippen LogP contribution in [0.4, 0.5) is 0 Å². The second kappa shape index (κ2) is 5.36. The van der Waals surface area contributed by atoms with E-state index in [1.165, 1.54) is 37.8 Å². The van der Waals surface area contributed by atoms with Crippen molar-refractivity contribution in [1.29, 1.82) is 0 Å². The molecule has 0 unspecified atom stereocenters. The summed E-state index contributed by atoms with van der Waals surface area (Å²) in [5.74, 6) is 0.953. The van der Waals surface area contributed by atoms with Crippen molar-refractivity contribution in [3.63, 3.8) is 0 Å². The van der Waals surface area contributed by atoms with Crippen molar-refractivity contribution in [3.05, 3.63) is 12.2 Å². The van der Waals surface area contributed by atoms with Crippen LogP contribution in [0.15, 0.2) is 12.2 Å². The second-order valence-electron chi connectivity index (χ2n) is 3.88. The quantitative estimate of drug-likeness (QED) is 0.621. The Labute approximate surface area is 76.2 Å². The van der Waals surface area contributed by atoms with Crippen LogP contribution >= 0.6 is 0 Å². The van der Waals surface area contributed by atoms with Gasteiger partial charge in [0.2, 0.25) is 0 Å².